The molecule has 0 unspecified atom stereocenters. The molecule has 1 aromatic heterocycles. The number of hydrogen-bond donors (Lipinski definition) is 3. The maximum atomic E-state index is 12.7. The van der Waals surface area contributed by atoms with E-state index in [4.69, 9.17) is 14.0 Å². The molecular weight excluding hydrogens is 449 g/mol. The molecule has 3 atom stereocenters. The van der Waals surface area contributed by atoms with E-state index in [1.54, 1.807) is 40.1 Å². The molecule has 2 heterocycles. The van der Waals surface area contributed by atoms with E-state index < -0.39 is 36.1 Å². The fourth-order valence-electron chi connectivity index (χ4n) is 4.01. The minimum atomic E-state index is -0.720. The second-order valence-corrected chi connectivity index (χ2v) is 11.4. The molecule has 1 saturated carbocycles. The van der Waals surface area contributed by atoms with Crippen LogP contribution in [0.25, 0.3) is 0 Å². The van der Waals surface area contributed by atoms with Crippen molar-refractivity contribution in [2.75, 3.05) is 5.32 Å². The first kappa shape index (κ1) is 27.2. The Morgan fingerprint density at radius 2 is 1.60 bits per heavy atom. The van der Waals surface area contributed by atoms with Gasteiger partial charge in [-0.3, -0.25) is 4.79 Å². The number of ether oxygens (including phenoxy) is 1. The molecule has 1 aliphatic heterocycles. The van der Waals surface area contributed by atoms with Crippen molar-refractivity contribution in [2.45, 2.75) is 116 Å². The lowest BCUT2D eigenvalue weighted by molar-refractivity contribution is -0.123. The summed E-state index contributed by atoms with van der Waals surface area (Å²) in [6.45, 7) is 15.0. The molecular formula is C24H40BN5O5. The van der Waals surface area contributed by atoms with Gasteiger partial charge in [0.15, 0.2) is 0 Å². The lowest BCUT2D eigenvalue weighted by Gasteiger charge is -2.33. The number of nitrogens with one attached hydrogen (secondary N) is 3. The fourth-order valence-corrected chi connectivity index (χ4v) is 4.01. The molecule has 1 aromatic rings. The molecule has 0 aromatic carbocycles. The topological polar surface area (TPSA) is 124 Å². The van der Waals surface area contributed by atoms with Crippen molar-refractivity contribution < 1.29 is 23.6 Å². The van der Waals surface area contributed by atoms with Gasteiger partial charge in [0.25, 0.3) is 0 Å². The average molecular weight is 489 g/mol. The van der Waals surface area contributed by atoms with Gasteiger partial charge in [0.2, 0.25) is 11.9 Å². The van der Waals surface area contributed by atoms with Crippen LogP contribution in [-0.2, 0) is 18.8 Å². The molecule has 11 heteroatoms. The Balaban J connectivity index is 1.57. The second kappa shape index (κ2) is 10.3. The Morgan fingerprint density at radius 1 is 1.06 bits per heavy atom. The standard InChI is InChI=1S/C24H40BN5O5/c1-15(28-21(32)33-22(2,3)4)19(31)29-17-11-9-10-12-18(17)30-20-26-13-16(14-27-20)25-34-23(5,6)24(7,8)35-25/h13-15,17-18H,9-12H2,1-8H3,(H,28,32)(H,29,31)(H,26,27,30)/t15-,17+,18+/m1/s1. The van der Waals surface area contributed by atoms with Gasteiger partial charge in [-0.25, -0.2) is 14.8 Å². The summed E-state index contributed by atoms with van der Waals surface area (Å²) in [4.78, 5) is 33.7. The van der Waals surface area contributed by atoms with Gasteiger partial charge >= 0.3 is 13.2 Å². The third kappa shape index (κ3) is 7.07. The van der Waals surface area contributed by atoms with Crippen LogP contribution in [0.15, 0.2) is 12.4 Å². The molecule has 194 valence electrons. The number of aromatic nitrogens is 2. The summed E-state index contributed by atoms with van der Waals surface area (Å²) in [7, 11) is -0.519. The number of carbonyl (C=O) groups is 2. The fraction of sp³-hybridized carbons (Fsp3) is 0.750. The lowest BCUT2D eigenvalue weighted by atomic mass is 9.81. The Bertz CT molecular complexity index is 887. The van der Waals surface area contributed by atoms with Crippen LogP contribution in [0.1, 0.15) is 81.1 Å². The maximum absolute atomic E-state index is 12.7. The van der Waals surface area contributed by atoms with Gasteiger partial charge in [-0.1, -0.05) is 12.8 Å². The molecule has 2 aliphatic rings. The van der Waals surface area contributed by atoms with E-state index in [9.17, 15) is 9.59 Å². The summed E-state index contributed by atoms with van der Waals surface area (Å²) in [5, 5.41) is 9.02. The van der Waals surface area contributed by atoms with E-state index in [1.807, 2.05) is 27.7 Å². The van der Waals surface area contributed by atoms with Gasteiger partial charge in [0.1, 0.15) is 11.6 Å². The zero-order valence-corrected chi connectivity index (χ0v) is 22.2. The maximum Gasteiger partial charge on any atom is 0.498 e. The van der Waals surface area contributed by atoms with E-state index in [0.29, 0.717) is 5.95 Å². The predicted molar refractivity (Wildman–Crippen MR) is 134 cm³/mol. The van der Waals surface area contributed by atoms with Crippen molar-refractivity contribution in [3.63, 3.8) is 0 Å². The molecule has 2 amide bonds. The number of rotatable bonds is 6. The molecule has 3 N–H and O–H groups in total. The molecule has 0 radical (unpaired) electrons. The van der Waals surface area contributed by atoms with E-state index in [-0.39, 0.29) is 18.0 Å². The number of carbonyl (C=O) groups excluding carboxylic acids is 2. The van der Waals surface area contributed by atoms with Crippen LogP contribution < -0.4 is 21.4 Å². The van der Waals surface area contributed by atoms with Gasteiger partial charge in [-0.05, 0) is 68.2 Å². The summed E-state index contributed by atoms with van der Waals surface area (Å²) in [6.07, 6.45) is 6.56. The summed E-state index contributed by atoms with van der Waals surface area (Å²) >= 11 is 0. The van der Waals surface area contributed by atoms with Crippen LogP contribution in [-0.4, -0.2) is 64.0 Å². The zero-order chi connectivity index (χ0) is 26.0. The van der Waals surface area contributed by atoms with E-state index in [0.717, 1.165) is 31.1 Å². The highest BCUT2D eigenvalue weighted by molar-refractivity contribution is 6.61. The van der Waals surface area contributed by atoms with Crippen molar-refractivity contribution in [3.05, 3.63) is 12.4 Å². The first-order valence-electron chi connectivity index (χ1n) is 12.4. The molecule has 0 spiro atoms. The highest BCUT2D eigenvalue weighted by atomic mass is 16.7. The number of alkyl carbamates (subject to hydrolysis) is 1. The Morgan fingerprint density at radius 3 is 2.14 bits per heavy atom. The first-order valence-corrected chi connectivity index (χ1v) is 12.4. The normalized spacial score (nSPS) is 24.4. The summed E-state index contributed by atoms with van der Waals surface area (Å²) < 4.78 is 17.4. The molecule has 1 aliphatic carbocycles. The minimum Gasteiger partial charge on any atom is -0.444 e. The number of nitrogens with zero attached hydrogens (tertiary/aromatic N) is 2. The average Bonchev–Trinajstić information content (AvgIpc) is 2.95. The molecule has 3 rings (SSSR count). The van der Waals surface area contributed by atoms with E-state index in [1.165, 1.54) is 0 Å². The van der Waals surface area contributed by atoms with Gasteiger partial charge in [-0.2, -0.15) is 0 Å². The highest BCUT2D eigenvalue weighted by Gasteiger charge is 2.52. The molecule has 10 nitrogen and oxygen atoms in total. The van der Waals surface area contributed by atoms with Crippen LogP contribution in [0.5, 0.6) is 0 Å². The number of amides is 2. The Hall–Kier alpha value is -2.40. The number of anilines is 1. The molecule has 0 bridgehead atoms. The van der Waals surface area contributed by atoms with Crippen molar-refractivity contribution in [1.82, 2.24) is 20.6 Å². The van der Waals surface area contributed by atoms with Gasteiger partial charge in [0, 0.05) is 29.9 Å². The molecule has 35 heavy (non-hydrogen) atoms. The van der Waals surface area contributed by atoms with Crippen LogP contribution in [0, 0.1) is 0 Å². The summed E-state index contributed by atoms with van der Waals surface area (Å²) in [5.41, 5.74) is -0.740. The predicted octanol–water partition coefficient (Wildman–Crippen LogP) is 2.53. The van der Waals surface area contributed by atoms with Crippen LogP contribution in [0.4, 0.5) is 10.7 Å². The van der Waals surface area contributed by atoms with Crippen molar-refractivity contribution in [2.24, 2.45) is 0 Å². The van der Waals surface area contributed by atoms with Gasteiger partial charge in [-0.15, -0.1) is 0 Å². The molecule has 2 fully saturated rings. The van der Waals surface area contributed by atoms with Crippen molar-refractivity contribution in [3.8, 4) is 0 Å². The summed E-state index contributed by atoms with van der Waals surface area (Å²) in [5.74, 6) is 0.225. The third-order valence-electron chi connectivity index (χ3n) is 6.73. The van der Waals surface area contributed by atoms with Crippen LogP contribution >= 0.6 is 0 Å². The zero-order valence-electron chi connectivity index (χ0n) is 22.2. The van der Waals surface area contributed by atoms with E-state index in [2.05, 4.69) is 25.9 Å². The van der Waals surface area contributed by atoms with Gasteiger partial charge in [0.05, 0.1) is 11.2 Å². The molecule has 1 saturated heterocycles. The Kier molecular flexibility index (Phi) is 8.01. The van der Waals surface area contributed by atoms with Crippen molar-refractivity contribution >= 4 is 30.5 Å². The smallest absolute Gasteiger partial charge is 0.444 e. The summed E-state index contributed by atoms with van der Waals surface area (Å²) in [6, 6.07) is -0.850. The largest absolute Gasteiger partial charge is 0.498 e. The van der Waals surface area contributed by atoms with Gasteiger partial charge < -0.3 is 30.0 Å². The Labute approximate surface area is 208 Å². The van der Waals surface area contributed by atoms with E-state index >= 15 is 0 Å². The highest BCUT2D eigenvalue weighted by Crippen LogP contribution is 2.36. The monoisotopic (exact) mass is 489 g/mol. The van der Waals surface area contributed by atoms with Crippen LogP contribution in [0.3, 0.4) is 0 Å². The van der Waals surface area contributed by atoms with Crippen LogP contribution in [0.2, 0.25) is 0 Å². The lowest BCUT2D eigenvalue weighted by Crippen LogP contribution is -2.54. The first-order chi connectivity index (χ1) is 16.2. The van der Waals surface area contributed by atoms with Crippen molar-refractivity contribution in [1.29, 1.82) is 0 Å². The minimum absolute atomic E-state index is 0.0240. The number of hydrogen-bond acceptors (Lipinski definition) is 8. The second-order valence-electron chi connectivity index (χ2n) is 11.4. The quantitative estimate of drug-likeness (QED) is 0.521. The third-order valence-corrected chi connectivity index (χ3v) is 6.73. The SMILES string of the molecule is C[C@@H](NC(=O)OC(C)(C)C)C(=O)N[C@H]1CCCC[C@@H]1Nc1ncc(B2OC(C)(C)C(C)(C)O2)cn1.